The van der Waals surface area contributed by atoms with Crippen LogP contribution in [0.3, 0.4) is 0 Å². The van der Waals surface area contributed by atoms with Crippen LogP contribution in [0.15, 0.2) is 12.1 Å². The minimum Gasteiger partial charge on any atom is -0.497 e. The van der Waals surface area contributed by atoms with Crippen LogP contribution in [0.1, 0.15) is 15.9 Å². The molecule has 8 nitrogen and oxygen atoms in total. The van der Waals surface area contributed by atoms with E-state index >= 15 is 0 Å². The van der Waals surface area contributed by atoms with Gasteiger partial charge in [0.1, 0.15) is 42.0 Å². The molecule has 3 N–H and O–H groups in total. The number of ether oxygens (including phenoxy) is 4. The Kier molecular flexibility index (Phi) is 3.92. The van der Waals surface area contributed by atoms with Crippen LogP contribution < -0.4 is 9.47 Å². The van der Waals surface area contributed by atoms with Crippen LogP contribution in [-0.2, 0) is 16.1 Å². The fraction of sp³-hybridized carbons (Fsp3) is 0.500. The lowest BCUT2D eigenvalue weighted by molar-refractivity contribution is -0.116. The second-order valence-corrected chi connectivity index (χ2v) is 5.06. The number of hydrogen-bond donors (Lipinski definition) is 3. The SMILES string of the molecule is COc1cc2c(c(OC3OC(CO)C(O)C3O)c1)C(=O)OC2. The predicted molar refractivity (Wildman–Crippen MR) is 70.5 cm³/mol. The van der Waals surface area contributed by atoms with E-state index < -0.39 is 37.2 Å². The Morgan fingerprint density at radius 3 is 2.73 bits per heavy atom. The smallest absolute Gasteiger partial charge is 0.342 e. The summed E-state index contributed by atoms with van der Waals surface area (Å²) >= 11 is 0. The van der Waals surface area contributed by atoms with Crippen LogP contribution in [-0.4, -0.2) is 59.6 Å². The molecule has 1 fully saturated rings. The molecule has 0 spiro atoms. The van der Waals surface area contributed by atoms with Gasteiger partial charge in [0.25, 0.3) is 0 Å². The standard InChI is InChI=1S/C14H16O8/c1-19-7-2-6-5-20-13(18)10(6)8(3-7)21-14-12(17)11(16)9(4-15)22-14/h2-3,9,11-12,14-17H,4-5H2,1H3. The van der Waals surface area contributed by atoms with E-state index in [9.17, 15) is 15.0 Å². The Hall–Kier alpha value is -1.87. The van der Waals surface area contributed by atoms with Gasteiger partial charge in [-0.2, -0.15) is 0 Å². The number of cyclic esters (lactones) is 1. The van der Waals surface area contributed by atoms with Gasteiger partial charge in [0.2, 0.25) is 6.29 Å². The summed E-state index contributed by atoms with van der Waals surface area (Å²) in [5.41, 5.74) is 0.838. The fourth-order valence-corrected chi connectivity index (χ4v) is 2.50. The molecule has 1 aromatic rings. The van der Waals surface area contributed by atoms with Gasteiger partial charge in [0, 0.05) is 11.6 Å². The maximum absolute atomic E-state index is 11.8. The zero-order valence-corrected chi connectivity index (χ0v) is 11.8. The van der Waals surface area contributed by atoms with Crippen molar-refractivity contribution in [3.63, 3.8) is 0 Å². The second kappa shape index (κ2) is 5.73. The van der Waals surface area contributed by atoms with Crippen LogP contribution in [0.4, 0.5) is 0 Å². The molecule has 8 heteroatoms. The molecule has 0 radical (unpaired) electrons. The molecule has 2 aliphatic heterocycles. The highest BCUT2D eigenvalue weighted by molar-refractivity contribution is 5.96. The molecule has 4 atom stereocenters. The number of carbonyl (C=O) groups is 1. The lowest BCUT2D eigenvalue weighted by Gasteiger charge is -2.18. The lowest BCUT2D eigenvalue weighted by Crippen LogP contribution is -2.35. The van der Waals surface area contributed by atoms with Crippen molar-refractivity contribution < 1.29 is 39.1 Å². The zero-order valence-electron chi connectivity index (χ0n) is 11.8. The van der Waals surface area contributed by atoms with Gasteiger partial charge in [0.05, 0.1) is 13.7 Å². The van der Waals surface area contributed by atoms with E-state index in [0.29, 0.717) is 11.3 Å². The number of aliphatic hydroxyl groups excluding tert-OH is 3. The highest BCUT2D eigenvalue weighted by Crippen LogP contribution is 2.36. The summed E-state index contributed by atoms with van der Waals surface area (Å²) in [6.45, 7) is -0.353. The number of carbonyl (C=O) groups excluding carboxylic acids is 1. The summed E-state index contributed by atoms with van der Waals surface area (Å²) in [7, 11) is 1.47. The largest absolute Gasteiger partial charge is 0.497 e. The summed E-state index contributed by atoms with van der Waals surface area (Å²) in [5.74, 6) is 0.0462. The molecule has 2 aliphatic rings. The summed E-state index contributed by atoms with van der Waals surface area (Å²) in [5, 5.41) is 28.7. The van der Waals surface area contributed by atoms with Crippen LogP contribution in [0.5, 0.6) is 11.5 Å². The van der Waals surface area contributed by atoms with Crippen LogP contribution in [0.2, 0.25) is 0 Å². The third kappa shape index (κ3) is 2.40. The topological polar surface area (TPSA) is 115 Å². The molecule has 0 saturated carbocycles. The number of methoxy groups -OCH3 is 1. The van der Waals surface area contributed by atoms with Gasteiger partial charge >= 0.3 is 5.97 Å². The molecule has 22 heavy (non-hydrogen) atoms. The average molecular weight is 312 g/mol. The van der Waals surface area contributed by atoms with Gasteiger partial charge in [-0.3, -0.25) is 0 Å². The summed E-state index contributed by atoms with van der Waals surface area (Å²) in [6, 6.07) is 3.13. The first-order valence-corrected chi connectivity index (χ1v) is 6.72. The van der Waals surface area contributed by atoms with Gasteiger partial charge < -0.3 is 34.3 Å². The second-order valence-electron chi connectivity index (χ2n) is 5.06. The zero-order chi connectivity index (χ0) is 15.9. The third-order valence-electron chi connectivity index (χ3n) is 3.70. The van der Waals surface area contributed by atoms with E-state index in [1.165, 1.54) is 13.2 Å². The molecule has 2 heterocycles. The number of rotatable bonds is 4. The maximum atomic E-state index is 11.8. The van der Waals surface area contributed by atoms with Crippen LogP contribution >= 0.6 is 0 Å². The van der Waals surface area contributed by atoms with E-state index in [1.807, 2.05) is 0 Å². The summed E-state index contributed by atoms with van der Waals surface area (Å²) in [4.78, 5) is 11.8. The molecular formula is C14H16O8. The number of hydrogen-bond acceptors (Lipinski definition) is 8. The molecule has 0 bridgehead atoms. The highest BCUT2D eigenvalue weighted by Gasteiger charge is 2.44. The number of aliphatic hydroxyl groups is 3. The van der Waals surface area contributed by atoms with Crippen molar-refractivity contribution >= 4 is 5.97 Å². The number of fused-ring (bicyclic) bond motifs is 1. The molecule has 4 unspecified atom stereocenters. The first-order valence-electron chi connectivity index (χ1n) is 6.72. The molecule has 3 rings (SSSR count). The Labute approximate surface area is 125 Å². The van der Waals surface area contributed by atoms with Crippen molar-refractivity contribution in [2.24, 2.45) is 0 Å². The molecule has 120 valence electrons. The Bertz CT molecular complexity index is 586. The van der Waals surface area contributed by atoms with Gasteiger partial charge in [-0.05, 0) is 6.07 Å². The van der Waals surface area contributed by atoms with Gasteiger partial charge in [-0.1, -0.05) is 0 Å². The van der Waals surface area contributed by atoms with Gasteiger partial charge in [-0.25, -0.2) is 4.79 Å². The Morgan fingerprint density at radius 1 is 1.32 bits per heavy atom. The van der Waals surface area contributed by atoms with Crippen molar-refractivity contribution in [1.29, 1.82) is 0 Å². The Balaban J connectivity index is 1.90. The molecular weight excluding hydrogens is 296 g/mol. The molecule has 0 aromatic heterocycles. The number of esters is 1. The van der Waals surface area contributed by atoms with E-state index in [2.05, 4.69) is 0 Å². The first-order chi connectivity index (χ1) is 10.5. The van der Waals surface area contributed by atoms with E-state index in [1.54, 1.807) is 6.07 Å². The van der Waals surface area contributed by atoms with Crippen molar-refractivity contribution in [3.05, 3.63) is 23.3 Å². The molecule has 0 aliphatic carbocycles. The molecule has 1 saturated heterocycles. The highest BCUT2D eigenvalue weighted by atomic mass is 16.7. The quantitative estimate of drug-likeness (QED) is 0.618. The van der Waals surface area contributed by atoms with Crippen LogP contribution in [0, 0.1) is 0 Å². The molecule has 1 aromatic carbocycles. The van der Waals surface area contributed by atoms with Crippen molar-refractivity contribution in [1.82, 2.24) is 0 Å². The number of benzene rings is 1. The van der Waals surface area contributed by atoms with E-state index in [4.69, 9.17) is 24.1 Å². The lowest BCUT2D eigenvalue weighted by atomic mass is 10.1. The summed E-state index contributed by atoms with van der Waals surface area (Å²) < 4.78 is 20.8. The summed E-state index contributed by atoms with van der Waals surface area (Å²) in [6.07, 6.45) is -4.79. The van der Waals surface area contributed by atoms with Crippen molar-refractivity contribution in [3.8, 4) is 11.5 Å². The Morgan fingerprint density at radius 2 is 2.09 bits per heavy atom. The fourth-order valence-electron chi connectivity index (χ4n) is 2.50. The van der Waals surface area contributed by atoms with Crippen LogP contribution in [0.25, 0.3) is 0 Å². The normalized spacial score (nSPS) is 30.1. The monoisotopic (exact) mass is 312 g/mol. The minimum atomic E-state index is -1.35. The van der Waals surface area contributed by atoms with Gasteiger partial charge in [0.15, 0.2) is 0 Å². The van der Waals surface area contributed by atoms with E-state index in [-0.39, 0.29) is 17.9 Å². The van der Waals surface area contributed by atoms with E-state index in [0.717, 1.165) is 0 Å². The predicted octanol–water partition coefficient (Wildman–Crippen LogP) is -0.817. The maximum Gasteiger partial charge on any atom is 0.342 e. The minimum absolute atomic E-state index is 0.109. The van der Waals surface area contributed by atoms with Crippen molar-refractivity contribution in [2.45, 2.75) is 31.2 Å². The van der Waals surface area contributed by atoms with Crippen molar-refractivity contribution in [2.75, 3.05) is 13.7 Å². The third-order valence-corrected chi connectivity index (χ3v) is 3.70. The first kappa shape index (κ1) is 15.0. The average Bonchev–Trinajstić information content (AvgIpc) is 3.02. The van der Waals surface area contributed by atoms with Gasteiger partial charge in [-0.15, -0.1) is 0 Å². The molecule has 0 amide bonds.